The molecule has 0 aromatic heterocycles. The van der Waals surface area contributed by atoms with Gasteiger partial charge in [0.1, 0.15) is 11.4 Å². The lowest BCUT2D eigenvalue weighted by atomic mass is 9.76. The van der Waals surface area contributed by atoms with Crippen molar-refractivity contribution in [3.8, 4) is 0 Å². The number of hydrogen-bond acceptors (Lipinski definition) is 4. The maximum absolute atomic E-state index is 15.5. The number of benzene rings is 1. The molecule has 0 atom stereocenters. The first kappa shape index (κ1) is 21.1. The average molecular weight is 391 g/mol. The molecular weight excluding hydrogens is 360 g/mol. The van der Waals surface area contributed by atoms with E-state index in [4.69, 9.17) is 14.0 Å². The highest BCUT2D eigenvalue weighted by Crippen LogP contribution is 2.43. The lowest BCUT2D eigenvalue weighted by molar-refractivity contribution is 0.00578. The fourth-order valence-corrected chi connectivity index (χ4v) is 3.25. The highest BCUT2D eigenvalue weighted by Gasteiger charge is 2.52. The van der Waals surface area contributed by atoms with Crippen molar-refractivity contribution < 1.29 is 23.2 Å². The molecule has 5 nitrogen and oxygen atoms in total. The summed E-state index contributed by atoms with van der Waals surface area (Å²) in [7, 11) is -0.740. The number of halogens is 1. The fourth-order valence-electron chi connectivity index (χ4n) is 3.25. The van der Waals surface area contributed by atoms with Gasteiger partial charge in [-0.2, -0.15) is 0 Å². The number of amides is 1. The normalized spacial score (nSPS) is 20.9. The summed E-state index contributed by atoms with van der Waals surface area (Å²) in [5, 5.41) is 2.73. The van der Waals surface area contributed by atoms with Crippen LogP contribution in [-0.2, 0) is 20.6 Å². The lowest BCUT2D eigenvalue weighted by Gasteiger charge is -2.32. The molecule has 0 bridgehead atoms. The predicted molar refractivity (Wildman–Crippen MR) is 107 cm³/mol. The zero-order chi connectivity index (χ0) is 20.9. The minimum absolute atomic E-state index is 0.179. The Labute approximate surface area is 167 Å². The molecule has 0 spiro atoms. The van der Waals surface area contributed by atoms with E-state index in [-0.39, 0.29) is 18.3 Å². The van der Waals surface area contributed by atoms with E-state index in [1.165, 1.54) is 0 Å². The summed E-state index contributed by atoms with van der Waals surface area (Å²) in [6.07, 6.45) is 1.39. The van der Waals surface area contributed by atoms with Crippen LogP contribution in [-0.4, -0.2) is 30.0 Å². The van der Waals surface area contributed by atoms with Crippen LogP contribution in [0.1, 0.15) is 78.4 Å². The largest absolute Gasteiger partial charge is 0.497 e. The second kappa shape index (κ2) is 7.03. The summed E-state index contributed by atoms with van der Waals surface area (Å²) in [6, 6.07) is 3.56. The van der Waals surface area contributed by atoms with Crippen LogP contribution in [0, 0.1) is 5.82 Å². The zero-order valence-electron chi connectivity index (χ0n) is 17.9. The van der Waals surface area contributed by atoms with E-state index in [9.17, 15) is 4.79 Å². The molecule has 3 rings (SSSR count). The van der Waals surface area contributed by atoms with Gasteiger partial charge in [0, 0.05) is 12.0 Å². The molecule has 1 aliphatic heterocycles. The Bertz CT molecular complexity index is 752. The van der Waals surface area contributed by atoms with Gasteiger partial charge in [-0.05, 0) is 78.4 Å². The Morgan fingerprint density at radius 2 is 1.79 bits per heavy atom. The third-order valence-corrected chi connectivity index (χ3v) is 5.61. The molecule has 7 heteroatoms. The molecular formula is C21H31BFNO4. The molecule has 1 aliphatic carbocycles. The van der Waals surface area contributed by atoms with E-state index in [1.54, 1.807) is 26.8 Å². The SMILES string of the molecule is CC(C)(C)OC(=O)NCc1ccc(B2OC(C)(C)C(C)(C)O2)c(F)c1C1CC1. The number of alkyl carbamates (subject to hydrolysis) is 1. The van der Waals surface area contributed by atoms with E-state index in [0.29, 0.717) is 11.0 Å². The zero-order valence-corrected chi connectivity index (χ0v) is 17.9. The number of carbonyl (C=O) groups is 1. The quantitative estimate of drug-likeness (QED) is 0.788. The summed E-state index contributed by atoms with van der Waals surface area (Å²) in [5.41, 5.74) is 0.215. The summed E-state index contributed by atoms with van der Waals surface area (Å²) in [6.45, 7) is 13.4. The Kier molecular flexibility index (Phi) is 5.30. The van der Waals surface area contributed by atoms with E-state index in [2.05, 4.69) is 5.32 Å². The molecule has 0 radical (unpaired) electrons. The minimum Gasteiger partial charge on any atom is -0.444 e. The van der Waals surface area contributed by atoms with E-state index < -0.39 is 30.0 Å². The van der Waals surface area contributed by atoms with Crippen molar-refractivity contribution in [3.63, 3.8) is 0 Å². The molecule has 0 unspecified atom stereocenters. The molecule has 1 heterocycles. The van der Waals surface area contributed by atoms with Gasteiger partial charge >= 0.3 is 13.2 Å². The van der Waals surface area contributed by atoms with E-state index >= 15 is 4.39 Å². The molecule has 1 saturated carbocycles. The third-order valence-electron chi connectivity index (χ3n) is 5.61. The van der Waals surface area contributed by atoms with Crippen LogP contribution in [0.2, 0.25) is 0 Å². The van der Waals surface area contributed by atoms with Gasteiger partial charge in [0.05, 0.1) is 11.2 Å². The third kappa shape index (κ3) is 4.36. The van der Waals surface area contributed by atoms with Gasteiger partial charge in [-0.1, -0.05) is 12.1 Å². The second-order valence-corrected chi connectivity index (χ2v) is 9.76. The van der Waals surface area contributed by atoms with Gasteiger partial charge < -0.3 is 19.4 Å². The number of nitrogens with one attached hydrogen (secondary N) is 1. The van der Waals surface area contributed by atoms with Gasteiger partial charge in [-0.3, -0.25) is 0 Å². The highest BCUT2D eigenvalue weighted by atomic mass is 19.1. The second-order valence-electron chi connectivity index (χ2n) is 9.76. The van der Waals surface area contributed by atoms with Gasteiger partial charge in [-0.25, -0.2) is 9.18 Å². The van der Waals surface area contributed by atoms with Crippen LogP contribution in [0.3, 0.4) is 0 Å². The van der Waals surface area contributed by atoms with Crippen molar-refractivity contribution in [3.05, 3.63) is 29.1 Å². The van der Waals surface area contributed by atoms with E-state index in [0.717, 1.165) is 18.4 Å². The smallest absolute Gasteiger partial charge is 0.444 e. The number of ether oxygens (including phenoxy) is 1. The summed E-state index contributed by atoms with van der Waals surface area (Å²) < 4.78 is 32.8. The standard InChI is InChI=1S/C21H31BFNO4/c1-19(2,3)26-18(25)24-12-14-10-11-15(17(23)16(14)13-8-9-13)22-27-20(4,5)21(6,7)28-22/h10-11,13H,8-9,12H2,1-7H3,(H,24,25). The first-order valence-corrected chi connectivity index (χ1v) is 9.94. The van der Waals surface area contributed by atoms with Gasteiger partial charge in [-0.15, -0.1) is 0 Å². The topological polar surface area (TPSA) is 56.8 Å². The summed E-state index contributed by atoms with van der Waals surface area (Å²) in [5.74, 6) is -0.109. The maximum atomic E-state index is 15.5. The predicted octanol–water partition coefficient (Wildman–Crippen LogP) is 4.03. The molecule has 154 valence electrons. The van der Waals surface area contributed by atoms with Crippen LogP contribution in [0.15, 0.2) is 12.1 Å². The fraction of sp³-hybridized carbons (Fsp3) is 0.667. The summed E-state index contributed by atoms with van der Waals surface area (Å²) >= 11 is 0. The van der Waals surface area contributed by atoms with Crippen molar-refractivity contribution in [2.45, 2.75) is 90.6 Å². The maximum Gasteiger partial charge on any atom is 0.497 e. The van der Waals surface area contributed by atoms with Crippen molar-refractivity contribution in [1.29, 1.82) is 0 Å². The highest BCUT2D eigenvalue weighted by molar-refractivity contribution is 6.62. The average Bonchev–Trinajstić information content (AvgIpc) is 3.31. The van der Waals surface area contributed by atoms with Crippen LogP contribution >= 0.6 is 0 Å². The molecule has 1 saturated heterocycles. The van der Waals surface area contributed by atoms with Crippen LogP contribution in [0.25, 0.3) is 0 Å². The molecule has 2 aliphatic rings. The number of rotatable bonds is 4. The number of hydrogen-bond donors (Lipinski definition) is 1. The van der Waals surface area contributed by atoms with Crippen LogP contribution in [0.5, 0.6) is 0 Å². The van der Waals surface area contributed by atoms with Crippen molar-refractivity contribution in [2.24, 2.45) is 0 Å². The first-order chi connectivity index (χ1) is 12.8. The minimum atomic E-state index is -0.740. The Balaban J connectivity index is 1.81. The van der Waals surface area contributed by atoms with Crippen LogP contribution < -0.4 is 10.8 Å². The van der Waals surface area contributed by atoms with Crippen molar-refractivity contribution >= 4 is 18.7 Å². The summed E-state index contributed by atoms with van der Waals surface area (Å²) in [4.78, 5) is 12.0. The molecule has 28 heavy (non-hydrogen) atoms. The molecule has 1 aromatic carbocycles. The Morgan fingerprint density at radius 3 is 2.29 bits per heavy atom. The van der Waals surface area contributed by atoms with Crippen molar-refractivity contribution in [1.82, 2.24) is 5.32 Å². The van der Waals surface area contributed by atoms with Crippen molar-refractivity contribution in [2.75, 3.05) is 0 Å². The van der Waals surface area contributed by atoms with Gasteiger partial charge in [0.2, 0.25) is 0 Å². The Morgan fingerprint density at radius 1 is 1.21 bits per heavy atom. The molecule has 1 amide bonds. The van der Waals surface area contributed by atoms with E-state index in [1.807, 2.05) is 33.8 Å². The first-order valence-electron chi connectivity index (χ1n) is 9.94. The van der Waals surface area contributed by atoms with Crippen LogP contribution in [0.4, 0.5) is 9.18 Å². The molecule has 2 fully saturated rings. The monoisotopic (exact) mass is 391 g/mol. The molecule has 1 aromatic rings. The van der Waals surface area contributed by atoms with Gasteiger partial charge in [0.15, 0.2) is 0 Å². The lowest BCUT2D eigenvalue weighted by Crippen LogP contribution is -2.41. The molecule has 1 N–H and O–H groups in total. The number of carbonyl (C=O) groups excluding carboxylic acids is 1. The van der Waals surface area contributed by atoms with Gasteiger partial charge in [0.25, 0.3) is 0 Å². The Hall–Kier alpha value is -1.60.